The van der Waals surface area contributed by atoms with Crippen LogP contribution in [-0.2, 0) is 13.0 Å². The molecule has 0 unspecified atom stereocenters. The van der Waals surface area contributed by atoms with Crippen LogP contribution < -0.4 is 0 Å². The minimum Gasteiger partial charge on any atom is -0.355 e. The molecule has 0 fully saturated rings. The van der Waals surface area contributed by atoms with Gasteiger partial charge >= 0.3 is 0 Å². The van der Waals surface area contributed by atoms with Crippen LogP contribution in [0.5, 0.6) is 0 Å². The van der Waals surface area contributed by atoms with Crippen LogP contribution in [0.4, 0.5) is 0 Å². The minimum absolute atomic E-state index is 0.0691. The van der Waals surface area contributed by atoms with Gasteiger partial charge in [0, 0.05) is 18.5 Å². The number of nitrogens with zero attached hydrogens (tertiary/aromatic N) is 3. The van der Waals surface area contributed by atoms with E-state index in [1.807, 2.05) is 30.3 Å². The Morgan fingerprint density at radius 1 is 1.27 bits per heavy atom. The number of aromatic amines is 1. The van der Waals surface area contributed by atoms with E-state index in [9.17, 15) is 4.79 Å². The number of fused-ring (bicyclic) bond motifs is 1. The molecule has 2 aromatic heterocycles. The molecular weight excluding hydrogens is 280 g/mol. The van der Waals surface area contributed by atoms with Crippen LogP contribution >= 0.6 is 0 Å². The number of H-pyrrole nitrogens is 1. The number of hydrogen-bond donors (Lipinski definition) is 1. The average molecular weight is 294 g/mol. The predicted molar refractivity (Wildman–Crippen MR) is 79.0 cm³/mol. The van der Waals surface area contributed by atoms with Crippen LogP contribution in [0.15, 0.2) is 47.4 Å². The minimum atomic E-state index is -0.0691. The SMILES string of the molecule is O=C(c1cnoc1-c1ccccc1)N1CCc2nc[nH]c2C1. The van der Waals surface area contributed by atoms with Crippen molar-refractivity contribution in [2.75, 3.05) is 6.54 Å². The molecule has 0 saturated heterocycles. The fourth-order valence-electron chi connectivity index (χ4n) is 2.75. The van der Waals surface area contributed by atoms with E-state index in [0.717, 1.165) is 23.4 Å². The zero-order chi connectivity index (χ0) is 14.9. The molecule has 6 nitrogen and oxygen atoms in total. The first-order valence-electron chi connectivity index (χ1n) is 7.13. The van der Waals surface area contributed by atoms with Crippen LogP contribution in [0, 0.1) is 0 Å². The van der Waals surface area contributed by atoms with E-state index in [0.29, 0.717) is 24.4 Å². The Hall–Kier alpha value is -2.89. The van der Waals surface area contributed by atoms with E-state index in [1.165, 1.54) is 6.20 Å². The van der Waals surface area contributed by atoms with Crippen LogP contribution in [0.1, 0.15) is 21.7 Å². The third-order valence-electron chi connectivity index (χ3n) is 3.90. The van der Waals surface area contributed by atoms with Crippen molar-refractivity contribution in [1.29, 1.82) is 0 Å². The molecule has 0 atom stereocenters. The predicted octanol–water partition coefficient (Wildman–Crippen LogP) is 2.26. The Bertz CT molecular complexity index is 806. The molecule has 0 aliphatic carbocycles. The highest BCUT2D eigenvalue weighted by Crippen LogP contribution is 2.26. The van der Waals surface area contributed by atoms with Gasteiger partial charge in [-0.25, -0.2) is 4.98 Å². The van der Waals surface area contributed by atoms with Gasteiger partial charge in [-0.3, -0.25) is 4.79 Å². The molecule has 0 bridgehead atoms. The summed E-state index contributed by atoms with van der Waals surface area (Å²) in [7, 11) is 0. The van der Waals surface area contributed by atoms with Gasteiger partial charge in [0.05, 0.1) is 30.5 Å². The molecule has 1 aromatic carbocycles. The molecule has 22 heavy (non-hydrogen) atoms. The van der Waals surface area contributed by atoms with E-state index in [2.05, 4.69) is 15.1 Å². The van der Waals surface area contributed by atoms with Crippen molar-refractivity contribution in [1.82, 2.24) is 20.0 Å². The number of hydrogen-bond acceptors (Lipinski definition) is 4. The molecule has 0 spiro atoms. The lowest BCUT2D eigenvalue weighted by Crippen LogP contribution is -2.36. The molecule has 1 amide bonds. The van der Waals surface area contributed by atoms with Crippen LogP contribution in [0.2, 0.25) is 0 Å². The van der Waals surface area contributed by atoms with E-state index in [4.69, 9.17) is 4.52 Å². The molecule has 110 valence electrons. The normalized spacial score (nSPS) is 13.9. The fourth-order valence-corrected chi connectivity index (χ4v) is 2.75. The fraction of sp³-hybridized carbons (Fsp3) is 0.188. The lowest BCUT2D eigenvalue weighted by atomic mass is 10.1. The second kappa shape index (κ2) is 5.14. The Morgan fingerprint density at radius 2 is 2.14 bits per heavy atom. The van der Waals surface area contributed by atoms with E-state index in [-0.39, 0.29) is 5.91 Å². The monoisotopic (exact) mass is 294 g/mol. The summed E-state index contributed by atoms with van der Waals surface area (Å²) >= 11 is 0. The highest BCUT2D eigenvalue weighted by atomic mass is 16.5. The second-order valence-electron chi connectivity index (χ2n) is 5.24. The van der Waals surface area contributed by atoms with Gasteiger partial charge in [0.25, 0.3) is 5.91 Å². The smallest absolute Gasteiger partial charge is 0.259 e. The molecule has 1 aliphatic heterocycles. The first-order valence-corrected chi connectivity index (χ1v) is 7.13. The molecule has 6 heteroatoms. The molecule has 1 aliphatic rings. The average Bonchev–Trinajstić information content (AvgIpc) is 3.23. The number of carbonyl (C=O) groups is 1. The first-order chi connectivity index (χ1) is 10.8. The number of benzene rings is 1. The summed E-state index contributed by atoms with van der Waals surface area (Å²) in [5, 5.41) is 3.81. The van der Waals surface area contributed by atoms with E-state index in [1.54, 1.807) is 11.2 Å². The van der Waals surface area contributed by atoms with Gasteiger partial charge in [0.2, 0.25) is 0 Å². The number of nitrogens with one attached hydrogen (secondary N) is 1. The van der Waals surface area contributed by atoms with Crippen molar-refractivity contribution in [3.63, 3.8) is 0 Å². The summed E-state index contributed by atoms with van der Waals surface area (Å²) in [4.78, 5) is 21.9. The summed E-state index contributed by atoms with van der Waals surface area (Å²) in [6.07, 6.45) is 3.93. The summed E-state index contributed by atoms with van der Waals surface area (Å²) < 4.78 is 5.30. The van der Waals surface area contributed by atoms with Crippen molar-refractivity contribution in [2.45, 2.75) is 13.0 Å². The topological polar surface area (TPSA) is 75.0 Å². The number of amides is 1. The Morgan fingerprint density at radius 3 is 3.00 bits per heavy atom. The van der Waals surface area contributed by atoms with Crippen molar-refractivity contribution in [3.05, 3.63) is 59.8 Å². The molecule has 0 saturated carbocycles. The molecule has 4 rings (SSSR count). The van der Waals surface area contributed by atoms with Gasteiger partial charge in [0.15, 0.2) is 5.76 Å². The second-order valence-corrected chi connectivity index (χ2v) is 5.24. The first kappa shape index (κ1) is 12.8. The lowest BCUT2D eigenvalue weighted by molar-refractivity contribution is 0.0732. The molecule has 3 aromatic rings. The summed E-state index contributed by atoms with van der Waals surface area (Å²) in [6, 6.07) is 9.54. The van der Waals surface area contributed by atoms with Gasteiger partial charge in [0.1, 0.15) is 5.56 Å². The summed E-state index contributed by atoms with van der Waals surface area (Å²) in [6.45, 7) is 1.18. The van der Waals surface area contributed by atoms with Gasteiger partial charge in [-0.15, -0.1) is 0 Å². The highest BCUT2D eigenvalue weighted by molar-refractivity contribution is 5.99. The van der Waals surface area contributed by atoms with Gasteiger partial charge in [-0.2, -0.15) is 0 Å². The Labute approximate surface area is 126 Å². The highest BCUT2D eigenvalue weighted by Gasteiger charge is 2.27. The van der Waals surface area contributed by atoms with Gasteiger partial charge in [-0.05, 0) is 0 Å². The van der Waals surface area contributed by atoms with Crippen molar-refractivity contribution >= 4 is 5.91 Å². The van der Waals surface area contributed by atoms with E-state index >= 15 is 0 Å². The van der Waals surface area contributed by atoms with Crippen LogP contribution in [-0.4, -0.2) is 32.5 Å². The quantitative estimate of drug-likeness (QED) is 0.786. The van der Waals surface area contributed by atoms with Crippen LogP contribution in [0.3, 0.4) is 0 Å². The Kier molecular flexibility index (Phi) is 3.00. The lowest BCUT2D eigenvalue weighted by Gasteiger charge is -2.25. The third-order valence-corrected chi connectivity index (χ3v) is 3.90. The van der Waals surface area contributed by atoms with E-state index < -0.39 is 0 Å². The van der Waals surface area contributed by atoms with Gasteiger partial charge in [-0.1, -0.05) is 35.5 Å². The van der Waals surface area contributed by atoms with Crippen molar-refractivity contribution in [2.24, 2.45) is 0 Å². The Balaban J connectivity index is 1.64. The van der Waals surface area contributed by atoms with Gasteiger partial charge < -0.3 is 14.4 Å². The number of aromatic nitrogens is 3. The molecule has 0 radical (unpaired) electrons. The molecular formula is C16H14N4O2. The molecule has 3 heterocycles. The number of imidazole rings is 1. The number of carbonyl (C=O) groups excluding carboxylic acids is 1. The van der Waals surface area contributed by atoms with Crippen LogP contribution in [0.25, 0.3) is 11.3 Å². The standard InChI is InChI=1S/C16H14N4O2/c21-16(20-7-6-13-14(9-20)18-10-17-13)12-8-19-22-15(12)11-4-2-1-3-5-11/h1-5,8,10H,6-7,9H2,(H,17,18). The van der Waals surface area contributed by atoms with Crippen molar-refractivity contribution < 1.29 is 9.32 Å². The maximum atomic E-state index is 12.8. The maximum Gasteiger partial charge on any atom is 0.259 e. The largest absolute Gasteiger partial charge is 0.355 e. The zero-order valence-corrected chi connectivity index (χ0v) is 11.8. The van der Waals surface area contributed by atoms with Crippen molar-refractivity contribution in [3.8, 4) is 11.3 Å². The summed E-state index contributed by atoms with van der Waals surface area (Å²) in [5.41, 5.74) is 3.38. The third kappa shape index (κ3) is 2.09. The molecule has 1 N–H and O–H groups in total. The summed E-state index contributed by atoms with van der Waals surface area (Å²) in [5.74, 6) is 0.446. The maximum absolute atomic E-state index is 12.8. The number of rotatable bonds is 2. The zero-order valence-electron chi connectivity index (χ0n) is 11.8.